The highest BCUT2D eigenvalue weighted by Crippen LogP contribution is 2.40. The summed E-state index contributed by atoms with van der Waals surface area (Å²) in [6.45, 7) is 8.65. The van der Waals surface area contributed by atoms with E-state index in [0.717, 1.165) is 11.8 Å². The van der Waals surface area contributed by atoms with Crippen LogP contribution in [0.15, 0.2) is 12.1 Å². The van der Waals surface area contributed by atoms with Gasteiger partial charge in [-0.05, 0) is 32.9 Å². The monoisotopic (exact) mass is 370 g/mol. The van der Waals surface area contributed by atoms with Crippen molar-refractivity contribution in [3.8, 4) is 17.2 Å². The standard InChI is InChI=1S/C18H26O6S/c1-6-22-14-9-13(10-15(23-7-2)16(14)24-8-3)18(20)25-11-12(4)17(19)21-5/h9-10,12H,6-8,11H2,1-5H3/t12-/m0/s1. The predicted molar refractivity (Wildman–Crippen MR) is 97.9 cm³/mol. The van der Waals surface area contributed by atoms with Crippen molar-refractivity contribution in [2.24, 2.45) is 5.92 Å². The van der Waals surface area contributed by atoms with Gasteiger partial charge in [0.15, 0.2) is 11.5 Å². The van der Waals surface area contributed by atoms with Gasteiger partial charge in [-0.15, -0.1) is 0 Å². The first-order valence-electron chi connectivity index (χ1n) is 8.29. The minimum Gasteiger partial charge on any atom is -0.490 e. The second kappa shape index (κ2) is 10.9. The lowest BCUT2D eigenvalue weighted by molar-refractivity contribution is -0.143. The van der Waals surface area contributed by atoms with Gasteiger partial charge in [-0.25, -0.2) is 0 Å². The number of hydrogen-bond acceptors (Lipinski definition) is 7. The number of carbonyl (C=O) groups excluding carboxylic acids is 2. The molecule has 1 atom stereocenters. The molecule has 0 N–H and O–H groups in total. The Labute approximate surface area is 153 Å². The van der Waals surface area contributed by atoms with Crippen LogP contribution in [0.1, 0.15) is 38.1 Å². The van der Waals surface area contributed by atoms with E-state index < -0.39 is 0 Å². The summed E-state index contributed by atoms with van der Waals surface area (Å²) in [7, 11) is 1.33. The van der Waals surface area contributed by atoms with E-state index in [1.165, 1.54) is 7.11 Å². The van der Waals surface area contributed by atoms with E-state index in [1.54, 1.807) is 19.1 Å². The second-order valence-corrected chi connectivity index (χ2v) is 6.12. The fourth-order valence-corrected chi connectivity index (χ4v) is 2.88. The van der Waals surface area contributed by atoms with Crippen LogP contribution in [0.2, 0.25) is 0 Å². The summed E-state index contributed by atoms with van der Waals surface area (Å²) >= 11 is 1.06. The third kappa shape index (κ3) is 6.16. The maximum absolute atomic E-state index is 12.5. The molecule has 0 aromatic heterocycles. The molecule has 0 aliphatic carbocycles. The maximum atomic E-state index is 12.5. The van der Waals surface area contributed by atoms with Gasteiger partial charge >= 0.3 is 5.97 Å². The van der Waals surface area contributed by atoms with E-state index in [2.05, 4.69) is 4.74 Å². The molecule has 0 aliphatic rings. The van der Waals surface area contributed by atoms with Gasteiger partial charge in [-0.2, -0.15) is 0 Å². The number of thioether (sulfide) groups is 1. The first kappa shape index (κ1) is 21.2. The Hall–Kier alpha value is -1.89. The molecule has 0 spiro atoms. The fraction of sp³-hybridized carbons (Fsp3) is 0.556. The molecule has 0 saturated heterocycles. The largest absolute Gasteiger partial charge is 0.490 e. The quantitative estimate of drug-likeness (QED) is 0.583. The summed E-state index contributed by atoms with van der Waals surface area (Å²) in [6.07, 6.45) is 0. The molecular weight excluding hydrogens is 344 g/mol. The molecule has 0 unspecified atom stereocenters. The second-order valence-electron chi connectivity index (χ2n) is 5.12. The number of ether oxygens (including phenoxy) is 4. The molecule has 1 aromatic rings. The van der Waals surface area contributed by atoms with Crippen molar-refractivity contribution in [1.29, 1.82) is 0 Å². The van der Waals surface area contributed by atoms with E-state index in [1.807, 2.05) is 20.8 Å². The number of rotatable bonds is 10. The molecule has 1 rings (SSSR count). The van der Waals surface area contributed by atoms with Crippen molar-refractivity contribution in [1.82, 2.24) is 0 Å². The number of esters is 1. The van der Waals surface area contributed by atoms with Crippen molar-refractivity contribution in [2.45, 2.75) is 27.7 Å². The fourth-order valence-electron chi connectivity index (χ4n) is 2.06. The molecule has 25 heavy (non-hydrogen) atoms. The Morgan fingerprint density at radius 3 is 1.96 bits per heavy atom. The molecule has 0 amide bonds. The Kier molecular flexibility index (Phi) is 9.20. The summed E-state index contributed by atoms with van der Waals surface area (Å²) in [4.78, 5) is 24.0. The van der Waals surface area contributed by atoms with Crippen LogP contribution in [0.4, 0.5) is 0 Å². The zero-order chi connectivity index (χ0) is 18.8. The Morgan fingerprint density at radius 1 is 1.00 bits per heavy atom. The summed E-state index contributed by atoms with van der Waals surface area (Å²) in [5, 5.41) is -0.166. The van der Waals surface area contributed by atoms with Crippen LogP contribution in [-0.4, -0.2) is 43.8 Å². The number of benzene rings is 1. The maximum Gasteiger partial charge on any atom is 0.309 e. The van der Waals surface area contributed by atoms with Crippen molar-refractivity contribution >= 4 is 22.8 Å². The molecule has 140 valence electrons. The van der Waals surface area contributed by atoms with Crippen molar-refractivity contribution in [2.75, 3.05) is 32.7 Å². The summed E-state index contributed by atoms with van der Waals surface area (Å²) in [5.74, 6) is 1.08. The number of methoxy groups -OCH3 is 1. The first-order valence-corrected chi connectivity index (χ1v) is 9.28. The minimum atomic E-state index is -0.362. The molecule has 0 aliphatic heterocycles. The zero-order valence-corrected chi connectivity index (χ0v) is 16.2. The summed E-state index contributed by atoms with van der Waals surface area (Å²) < 4.78 is 21.5. The lowest BCUT2D eigenvalue weighted by Gasteiger charge is -2.17. The van der Waals surface area contributed by atoms with Crippen molar-refractivity contribution in [3.63, 3.8) is 0 Å². The molecule has 1 aromatic carbocycles. The van der Waals surface area contributed by atoms with Crippen molar-refractivity contribution < 1.29 is 28.5 Å². The Bertz CT molecular complexity index is 560. The third-order valence-electron chi connectivity index (χ3n) is 3.21. The van der Waals surface area contributed by atoms with E-state index in [4.69, 9.17) is 14.2 Å². The Balaban J connectivity index is 3.04. The van der Waals surface area contributed by atoms with Gasteiger partial charge in [0.2, 0.25) is 10.9 Å². The highest BCUT2D eigenvalue weighted by atomic mass is 32.2. The molecule has 6 nitrogen and oxygen atoms in total. The van der Waals surface area contributed by atoms with Gasteiger partial charge in [-0.1, -0.05) is 18.7 Å². The van der Waals surface area contributed by atoms with Gasteiger partial charge in [0.05, 0.1) is 32.8 Å². The van der Waals surface area contributed by atoms with E-state index >= 15 is 0 Å². The lowest BCUT2D eigenvalue weighted by Crippen LogP contribution is -2.16. The van der Waals surface area contributed by atoms with Gasteiger partial charge in [0, 0.05) is 11.3 Å². The molecule has 0 bridgehead atoms. The highest BCUT2D eigenvalue weighted by Gasteiger charge is 2.20. The van der Waals surface area contributed by atoms with Crippen LogP contribution in [0.25, 0.3) is 0 Å². The molecule has 7 heteroatoms. The van der Waals surface area contributed by atoms with Gasteiger partial charge in [-0.3, -0.25) is 9.59 Å². The molecular formula is C18H26O6S. The van der Waals surface area contributed by atoms with Gasteiger partial charge in [0.1, 0.15) is 0 Å². The van der Waals surface area contributed by atoms with Crippen LogP contribution < -0.4 is 14.2 Å². The van der Waals surface area contributed by atoms with Crippen molar-refractivity contribution in [3.05, 3.63) is 17.7 Å². The Morgan fingerprint density at radius 2 is 1.52 bits per heavy atom. The first-order chi connectivity index (χ1) is 12.0. The van der Waals surface area contributed by atoms with Crippen LogP contribution in [-0.2, 0) is 9.53 Å². The van der Waals surface area contributed by atoms with Gasteiger partial charge in [0.25, 0.3) is 0 Å². The average molecular weight is 370 g/mol. The van der Waals surface area contributed by atoms with E-state index in [0.29, 0.717) is 48.4 Å². The van der Waals surface area contributed by atoms with Crippen LogP contribution in [0, 0.1) is 5.92 Å². The molecule has 0 fully saturated rings. The van der Waals surface area contributed by atoms with Crippen LogP contribution in [0.5, 0.6) is 17.2 Å². The normalized spacial score (nSPS) is 11.6. The van der Waals surface area contributed by atoms with Crippen LogP contribution in [0.3, 0.4) is 0 Å². The molecule has 0 heterocycles. The third-order valence-corrected chi connectivity index (χ3v) is 4.38. The number of hydrogen-bond donors (Lipinski definition) is 0. The topological polar surface area (TPSA) is 71.1 Å². The molecule has 0 saturated carbocycles. The minimum absolute atomic E-state index is 0.166. The average Bonchev–Trinajstić information content (AvgIpc) is 2.61. The smallest absolute Gasteiger partial charge is 0.309 e. The van der Waals surface area contributed by atoms with Gasteiger partial charge < -0.3 is 18.9 Å². The predicted octanol–water partition coefficient (Wildman–Crippen LogP) is 3.57. The van der Waals surface area contributed by atoms with E-state index in [9.17, 15) is 9.59 Å². The highest BCUT2D eigenvalue weighted by molar-refractivity contribution is 8.14. The molecule has 0 radical (unpaired) electrons. The zero-order valence-electron chi connectivity index (χ0n) is 15.4. The number of carbonyl (C=O) groups is 2. The summed E-state index contributed by atoms with van der Waals surface area (Å²) in [5.41, 5.74) is 0.442. The van der Waals surface area contributed by atoms with E-state index in [-0.39, 0.29) is 17.0 Å². The van der Waals surface area contributed by atoms with Crippen LogP contribution >= 0.6 is 11.8 Å². The lowest BCUT2D eigenvalue weighted by atomic mass is 10.2. The SMILES string of the molecule is CCOc1cc(C(=O)SC[C@H](C)C(=O)OC)cc(OCC)c1OCC. The summed E-state index contributed by atoms with van der Waals surface area (Å²) in [6, 6.07) is 3.30.